The van der Waals surface area contributed by atoms with Crippen molar-refractivity contribution in [1.29, 1.82) is 0 Å². The fourth-order valence-electron chi connectivity index (χ4n) is 13.4. The lowest BCUT2D eigenvalue weighted by molar-refractivity contribution is -0.385. The van der Waals surface area contributed by atoms with Crippen molar-refractivity contribution in [3.05, 3.63) is 228 Å². The molecule has 2 aliphatic rings. The minimum absolute atomic E-state index is 0. The van der Waals surface area contributed by atoms with E-state index < -0.39 is 25.6 Å². The van der Waals surface area contributed by atoms with Crippen LogP contribution >= 0.6 is 0 Å². The second-order valence-corrected chi connectivity index (χ2v) is 26.2. The predicted molar refractivity (Wildman–Crippen MR) is 428 cm³/mol. The average molecular weight is 1490 g/mol. The van der Waals surface area contributed by atoms with Crippen molar-refractivity contribution in [3.63, 3.8) is 0 Å². The number of anilines is 4. The Morgan fingerprint density at radius 2 is 0.574 bits per heavy atom. The fourth-order valence-corrected chi connectivity index (χ4v) is 13.4. The molecule has 4 bridgehead atoms. The fraction of sp³-hybridized carbons (Fsp3) is 0.422. The zero-order chi connectivity index (χ0) is 76.7. The molecule has 0 amide bonds. The average Bonchev–Trinajstić information content (AvgIpc) is 1.58. The third-order valence-corrected chi connectivity index (χ3v) is 17.8. The molecule has 0 fully saturated rings. The molecule has 2 unspecified atom stereocenters. The second-order valence-electron chi connectivity index (χ2n) is 26.2. The summed E-state index contributed by atoms with van der Waals surface area (Å²) in [5.41, 5.74) is 42.4. The Morgan fingerprint density at radius 1 is 0.306 bits per heavy atom. The molecule has 0 radical (unpaired) electrons. The molecule has 10 N–H and O–H groups in total. The van der Waals surface area contributed by atoms with E-state index in [1.807, 2.05) is 82.3 Å². The third-order valence-electron chi connectivity index (χ3n) is 17.8. The van der Waals surface area contributed by atoms with Crippen LogP contribution in [0.25, 0.3) is 0 Å². The highest BCUT2D eigenvalue weighted by Gasteiger charge is 2.38. The van der Waals surface area contributed by atoms with Crippen LogP contribution in [0.2, 0.25) is 0 Å². The van der Waals surface area contributed by atoms with Gasteiger partial charge < -0.3 is 66.6 Å². The van der Waals surface area contributed by atoms with Crippen LogP contribution in [-0.2, 0) is 38.5 Å². The number of benzene rings is 8. The molecule has 2 aliphatic carbocycles. The van der Waals surface area contributed by atoms with E-state index in [4.69, 9.17) is 60.8 Å². The van der Waals surface area contributed by atoms with E-state index in [0.29, 0.717) is 157 Å². The zero-order valence-electron chi connectivity index (χ0n) is 62.3. The van der Waals surface area contributed by atoms with E-state index in [9.17, 15) is 40.5 Å². The molecule has 10 rings (SSSR count). The van der Waals surface area contributed by atoms with Gasteiger partial charge in [-0.3, -0.25) is 40.5 Å². The van der Waals surface area contributed by atoms with Crippen molar-refractivity contribution in [2.24, 2.45) is 5.73 Å². The van der Waals surface area contributed by atoms with Gasteiger partial charge in [-0.2, -0.15) is 0 Å². The molecule has 0 aromatic heterocycles. The number of nitro benzene ring substituents is 4. The van der Waals surface area contributed by atoms with E-state index in [2.05, 4.69) is 33.4 Å². The molecule has 0 spiro atoms. The minimum atomic E-state index is -0.594. The molecule has 25 nitrogen and oxygen atoms in total. The maximum Gasteiger partial charge on any atom is 0.270 e. The molecule has 8 aromatic carbocycles. The normalized spacial score (nSPS) is 12.8. The van der Waals surface area contributed by atoms with E-state index in [0.717, 1.165) is 99.7 Å². The van der Waals surface area contributed by atoms with Crippen molar-refractivity contribution < 1.29 is 57.6 Å². The van der Waals surface area contributed by atoms with Crippen molar-refractivity contribution in [2.45, 2.75) is 172 Å². The van der Waals surface area contributed by atoms with Crippen LogP contribution < -0.4 is 66.6 Å². The lowest BCUT2D eigenvalue weighted by Crippen LogP contribution is -2.10. The summed E-state index contributed by atoms with van der Waals surface area (Å²) in [5.74, 6) is 4.31. The van der Waals surface area contributed by atoms with Gasteiger partial charge in [-0.25, -0.2) is 0 Å². The molecule has 0 aliphatic heterocycles. The number of ether oxygens (including phenoxy) is 8. The number of hydrogen-bond acceptors (Lipinski definition) is 21. The standard InChI is InChI=1S/C40H44N4O12.C40H52N4O4.CH5N.2CH4/c1-5-11-53-37-10-9-30(41(45)46)17-25(37)15-26-18-31(42(47)48)19-27(38(26)54-12-6-2)16-28-20-32(43(49)50)23-35(39(28)55-13-7-3)34-22-29-21-33(44(51)52)24-36(34)40(29)56-14-8-4;1-5-11-45-37-10-9-30(41)17-25(37)15-26-18-31(42)19-27(38(26)46-12-6-2)16-28-20-32(43)23-35(39(28)47-13-7-3)34-22-29-21-33(44)24-36(34)40(29)48-14-8-4;1-2;;/h9-10,17-21,23-24,34H,5-8,11-16,22H2,1-4H3;9-10,17-21,23-24,34H,5-8,11-16,22,41-44H2,1-4H3;2H2,1H3;2*1H4. The molecule has 8 aromatic rings. The highest BCUT2D eigenvalue weighted by atomic mass is 16.6. The monoisotopic (exact) mass is 1490 g/mol. The van der Waals surface area contributed by atoms with Crippen LogP contribution in [0.1, 0.15) is 211 Å². The summed E-state index contributed by atoms with van der Waals surface area (Å²) in [5, 5.41) is 48.6. The van der Waals surface area contributed by atoms with Gasteiger partial charge in [-0.1, -0.05) is 70.2 Å². The Hall–Kier alpha value is -11.1. The summed E-state index contributed by atoms with van der Waals surface area (Å²) in [6, 6.07) is 30.5. The van der Waals surface area contributed by atoms with Gasteiger partial charge in [0.05, 0.1) is 72.5 Å². The number of hydrogen-bond donors (Lipinski definition) is 5. The maximum atomic E-state index is 12.5. The molecule has 0 saturated carbocycles. The molecule has 582 valence electrons. The summed E-state index contributed by atoms with van der Waals surface area (Å²) in [6.07, 6.45) is 8.10. The first kappa shape index (κ1) is 85.8. The van der Waals surface area contributed by atoms with Gasteiger partial charge >= 0.3 is 0 Å². The van der Waals surface area contributed by atoms with Gasteiger partial charge in [0.1, 0.15) is 46.0 Å². The van der Waals surface area contributed by atoms with Gasteiger partial charge in [0.2, 0.25) is 0 Å². The smallest absolute Gasteiger partial charge is 0.270 e. The number of nitrogens with two attached hydrogens (primary N) is 5. The molecule has 25 heteroatoms. The Labute approximate surface area is 634 Å². The molecule has 0 heterocycles. The van der Waals surface area contributed by atoms with Gasteiger partial charge in [0, 0.05) is 181 Å². The van der Waals surface area contributed by atoms with Gasteiger partial charge in [0.25, 0.3) is 22.7 Å². The molecular formula is C83H109N9O16. The summed E-state index contributed by atoms with van der Waals surface area (Å²) in [7, 11) is 1.50. The Kier molecular flexibility index (Phi) is 32.7. The van der Waals surface area contributed by atoms with E-state index in [1.54, 1.807) is 0 Å². The van der Waals surface area contributed by atoms with Crippen LogP contribution in [-0.4, -0.2) is 79.6 Å². The Balaban J connectivity index is 0.000000328. The summed E-state index contributed by atoms with van der Waals surface area (Å²) < 4.78 is 50.1. The first-order chi connectivity index (χ1) is 51.1. The number of non-ortho nitro benzene ring substituents is 4. The third kappa shape index (κ3) is 21.2. The highest BCUT2D eigenvalue weighted by Crippen LogP contribution is 2.53. The zero-order valence-corrected chi connectivity index (χ0v) is 62.3. The quantitative estimate of drug-likeness (QED) is 0.0136. The van der Waals surface area contributed by atoms with E-state index in [1.165, 1.54) is 61.6 Å². The van der Waals surface area contributed by atoms with Crippen molar-refractivity contribution in [1.82, 2.24) is 0 Å². The van der Waals surface area contributed by atoms with Gasteiger partial charge in [0.15, 0.2) is 0 Å². The van der Waals surface area contributed by atoms with Crippen molar-refractivity contribution in [2.75, 3.05) is 82.8 Å². The summed E-state index contributed by atoms with van der Waals surface area (Å²) >= 11 is 0. The van der Waals surface area contributed by atoms with Crippen LogP contribution in [0.5, 0.6) is 46.0 Å². The molecule has 108 heavy (non-hydrogen) atoms. The first-order valence-electron chi connectivity index (χ1n) is 36.6. The molecule has 2 atom stereocenters. The summed E-state index contributed by atoms with van der Waals surface area (Å²) in [6.45, 7) is 19.6. The first-order valence-corrected chi connectivity index (χ1v) is 36.6. The Morgan fingerprint density at radius 3 is 1.00 bits per heavy atom. The second kappa shape index (κ2) is 41.1. The SMILES string of the molecule is C.C.CCCOc1ccc(N)cc1Cc1cc(N)cc(Cc2cc(N)cc(C3Cc4cc(N)cc3c4OCCC)c2OCCC)c1OCCC.CCCOc1ccc([N+](=O)[O-])cc1Cc1cc([N+](=O)[O-])cc(Cc2cc([N+](=O)[O-])cc(C3Cc4cc([N+](=O)[O-])cc3c4OCCC)c2OCCC)c1OCCC.CN. The van der Waals surface area contributed by atoms with Crippen molar-refractivity contribution >= 4 is 45.5 Å². The topological polar surface area (TPSA) is 376 Å². The maximum absolute atomic E-state index is 12.5. The summed E-state index contributed by atoms with van der Waals surface area (Å²) in [4.78, 5) is 46.5. The molecular weight excluding hydrogens is 1380 g/mol. The minimum Gasteiger partial charge on any atom is -0.493 e. The largest absolute Gasteiger partial charge is 0.493 e. The number of rotatable bonds is 38. The molecule has 0 saturated heterocycles. The van der Waals surface area contributed by atoms with E-state index in [-0.39, 0.29) is 76.0 Å². The highest BCUT2D eigenvalue weighted by molar-refractivity contribution is 5.69. The van der Waals surface area contributed by atoms with Gasteiger partial charge in [-0.05, 0) is 137 Å². The van der Waals surface area contributed by atoms with Crippen molar-refractivity contribution in [3.8, 4) is 46.0 Å². The number of nitrogen functional groups attached to an aromatic ring is 4. The number of nitrogens with zero attached hydrogens (tertiary/aromatic N) is 4. The van der Waals surface area contributed by atoms with E-state index >= 15 is 0 Å². The lowest BCUT2D eigenvalue weighted by Gasteiger charge is -2.23. The predicted octanol–water partition coefficient (Wildman–Crippen LogP) is 18.2. The van der Waals surface area contributed by atoms with Crippen LogP contribution in [0.15, 0.2) is 109 Å². The Bertz CT molecular complexity index is 4410. The van der Waals surface area contributed by atoms with Crippen LogP contribution in [0.3, 0.4) is 0 Å². The number of fused-ring (bicyclic) bond motifs is 4. The van der Waals surface area contributed by atoms with Crippen LogP contribution in [0, 0.1) is 40.5 Å². The lowest BCUT2D eigenvalue weighted by atomic mass is 9.88. The van der Waals surface area contributed by atoms with Gasteiger partial charge in [-0.15, -0.1) is 0 Å². The number of nitro groups is 4. The van der Waals surface area contributed by atoms with Crippen LogP contribution in [0.4, 0.5) is 45.5 Å².